The summed E-state index contributed by atoms with van der Waals surface area (Å²) in [7, 11) is 1.65. The Labute approximate surface area is 119 Å². The molecule has 108 valence electrons. The summed E-state index contributed by atoms with van der Waals surface area (Å²) < 4.78 is 0. The van der Waals surface area contributed by atoms with Crippen molar-refractivity contribution in [2.75, 3.05) is 11.9 Å². The molecule has 2 rings (SSSR count). The molecule has 0 aliphatic heterocycles. The molecule has 0 unspecified atom stereocenters. The highest BCUT2D eigenvalue weighted by molar-refractivity contribution is 5.94. The van der Waals surface area contributed by atoms with Crippen molar-refractivity contribution in [3.05, 3.63) is 58.0 Å². The number of aromatic nitrogens is 2. The third-order valence-electron chi connectivity index (χ3n) is 2.78. The van der Waals surface area contributed by atoms with E-state index < -0.39 is 10.9 Å². The van der Waals surface area contributed by atoms with Crippen LogP contribution in [0.4, 0.5) is 11.5 Å². The zero-order valence-electron chi connectivity index (χ0n) is 11.1. The first kappa shape index (κ1) is 14.4. The van der Waals surface area contributed by atoms with Gasteiger partial charge in [-0.1, -0.05) is 6.07 Å². The maximum Gasteiger partial charge on any atom is 0.339 e. The molecular formula is C13H12N4O4. The third-order valence-corrected chi connectivity index (χ3v) is 2.78. The van der Waals surface area contributed by atoms with Crippen LogP contribution in [0.5, 0.6) is 0 Å². The lowest BCUT2D eigenvalue weighted by molar-refractivity contribution is -0.385. The van der Waals surface area contributed by atoms with Gasteiger partial charge in [0.25, 0.3) is 5.69 Å². The molecule has 2 aromatic rings. The van der Waals surface area contributed by atoms with Crippen LogP contribution in [0.3, 0.4) is 0 Å². The number of aromatic carboxylic acids is 1. The number of anilines is 1. The van der Waals surface area contributed by atoms with E-state index in [9.17, 15) is 20.0 Å². The van der Waals surface area contributed by atoms with Gasteiger partial charge in [0, 0.05) is 19.3 Å². The summed E-state index contributed by atoms with van der Waals surface area (Å²) in [5.41, 5.74) is 0.154. The topological polar surface area (TPSA) is 109 Å². The SMILES string of the molecule is CN(Cc1ccccn1)c1ncc([N+](=O)[O-])cc1C(=O)O. The van der Waals surface area contributed by atoms with Crippen molar-refractivity contribution in [1.82, 2.24) is 9.97 Å². The number of carbonyl (C=O) groups is 1. The Balaban J connectivity index is 2.34. The molecule has 0 aliphatic carbocycles. The molecule has 0 fully saturated rings. The fourth-order valence-corrected chi connectivity index (χ4v) is 1.82. The van der Waals surface area contributed by atoms with E-state index in [1.54, 1.807) is 30.3 Å². The van der Waals surface area contributed by atoms with Crippen molar-refractivity contribution in [1.29, 1.82) is 0 Å². The van der Waals surface area contributed by atoms with Crippen LogP contribution < -0.4 is 4.90 Å². The summed E-state index contributed by atoms with van der Waals surface area (Å²) in [4.78, 5) is 30.9. The molecule has 0 aliphatic rings. The fourth-order valence-electron chi connectivity index (χ4n) is 1.82. The molecular weight excluding hydrogens is 276 g/mol. The lowest BCUT2D eigenvalue weighted by atomic mass is 10.2. The predicted molar refractivity (Wildman–Crippen MR) is 74.2 cm³/mol. The molecule has 1 N–H and O–H groups in total. The summed E-state index contributed by atoms with van der Waals surface area (Å²) in [5, 5.41) is 19.9. The molecule has 21 heavy (non-hydrogen) atoms. The van der Waals surface area contributed by atoms with Gasteiger partial charge in [-0.15, -0.1) is 0 Å². The Hall–Kier alpha value is -3.03. The second-order valence-electron chi connectivity index (χ2n) is 4.30. The molecule has 0 amide bonds. The molecule has 2 aromatic heterocycles. The predicted octanol–water partition coefficient (Wildman–Crippen LogP) is 1.72. The van der Waals surface area contributed by atoms with Crippen molar-refractivity contribution < 1.29 is 14.8 Å². The molecule has 8 heteroatoms. The smallest absolute Gasteiger partial charge is 0.339 e. The Morgan fingerprint density at radius 3 is 2.76 bits per heavy atom. The van der Waals surface area contributed by atoms with Crippen LogP contribution in [-0.4, -0.2) is 33.0 Å². The minimum absolute atomic E-state index is 0.152. The average molecular weight is 288 g/mol. The molecule has 0 saturated heterocycles. The van der Waals surface area contributed by atoms with Gasteiger partial charge >= 0.3 is 5.97 Å². The van der Waals surface area contributed by atoms with Crippen molar-refractivity contribution in [3.8, 4) is 0 Å². The van der Waals surface area contributed by atoms with Gasteiger partial charge in [-0.05, 0) is 12.1 Å². The first-order chi connectivity index (χ1) is 9.99. The van der Waals surface area contributed by atoms with Crippen LogP contribution in [0.2, 0.25) is 0 Å². The van der Waals surface area contributed by atoms with Crippen molar-refractivity contribution >= 4 is 17.5 Å². The van der Waals surface area contributed by atoms with Crippen LogP contribution >= 0.6 is 0 Å². The van der Waals surface area contributed by atoms with Crippen molar-refractivity contribution in [3.63, 3.8) is 0 Å². The molecule has 8 nitrogen and oxygen atoms in total. The second-order valence-corrected chi connectivity index (χ2v) is 4.30. The van der Waals surface area contributed by atoms with Crippen LogP contribution in [0, 0.1) is 10.1 Å². The minimum Gasteiger partial charge on any atom is -0.478 e. The average Bonchev–Trinajstić information content (AvgIpc) is 2.47. The van der Waals surface area contributed by atoms with Crippen LogP contribution in [0.25, 0.3) is 0 Å². The molecule has 0 radical (unpaired) electrons. The second kappa shape index (κ2) is 5.95. The zero-order chi connectivity index (χ0) is 15.4. The summed E-state index contributed by atoms with van der Waals surface area (Å²) in [6.07, 6.45) is 2.67. The van der Waals surface area contributed by atoms with E-state index in [0.29, 0.717) is 6.54 Å². The largest absolute Gasteiger partial charge is 0.478 e. The number of carboxylic acids is 1. The highest BCUT2D eigenvalue weighted by Crippen LogP contribution is 2.22. The number of carboxylic acid groups (broad SMARTS) is 1. The van der Waals surface area contributed by atoms with Gasteiger partial charge in [-0.2, -0.15) is 0 Å². The molecule has 0 atom stereocenters. The fraction of sp³-hybridized carbons (Fsp3) is 0.154. The Bertz CT molecular complexity index is 675. The lowest BCUT2D eigenvalue weighted by Crippen LogP contribution is -2.21. The summed E-state index contributed by atoms with van der Waals surface area (Å²) in [6.45, 7) is 0.339. The number of nitro groups is 1. The van der Waals surface area contributed by atoms with E-state index in [0.717, 1.165) is 18.0 Å². The van der Waals surface area contributed by atoms with E-state index >= 15 is 0 Å². The van der Waals surface area contributed by atoms with Gasteiger partial charge in [0.1, 0.15) is 17.6 Å². The number of nitrogens with zero attached hydrogens (tertiary/aromatic N) is 4. The quantitative estimate of drug-likeness (QED) is 0.658. The number of pyridine rings is 2. The van der Waals surface area contributed by atoms with Gasteiger partial charge in [0.05, 0.1) is 17.2 Å². The number of rotatable bonds is 5. The van der Waals surface area contributed by atoms with Crippen molar-refractivity contribution in [2.45, 2.75) is 6.54 Å². The normalized spacial score (nSPS) is 10.1. The van der Waals surface area contributed by atoms with E-state index in [1.807, 2.05) is 6.07 Å². The lowest BCUT2D eigenvalue weighted by Gasteiger charge is -2.19. The monoisotopic (exact) mass is 288 g/mol. The summed E-state index contributed by atoms with van der Waals surface area (Å²) in [5.74, 6) is -1.12. The van der Waals surface area contributed by atoms with E-state index in [1.165, 1.54) is 0 Å². The van der Waals surface area contributed by atoms with Crippen LogP contribution in [0.1, 0.15) is 16.1 Å². The van der Waals surface area contributed by atoms with E-state index in [-0.39, 0.29) is 17.1 Å². The van der Waals surface area contributed by atoms with Crippen LogP contribution in [0.15, 0.2) is 36.7 Å². The van der Waals surface area contributed by atoms with Gasteiger partial charge < -0.3 is 10.0 Å². The molecule has 0 aromatic carbocycles. The van der Waals surface area contributed by atoms with Crippen molar-refractivity contribution in [2.24, 2.45) is 0 Å². The minimum atomic E-state index is -1.27. The summed E-state index contributed by atoms with van der Waals surface area (Å²) in [6, 6.07) is 6.38. The Kier molecular flexibility index (Phi) is 4.07. The zero-order valence-corrected chi connectivity index (χ0v) is 11.1. The standard InChI is InChI=1S/C13H12N4O4/c1-16(8-9-4-2-3-5-14-9)12-11(13(18)19)6-10(7-15-12)17(20)21/h2-7H,8H2,1H3,(H,18,19). The van der Waals surface area contributed by atoms with Crippen LogP contribution in [-0.2, 0) is 6.54 Å². The first-order valence-electron chi connectivity index (χ1n) is 5.98. The maximum atomic E-state index is 11.2. The van der Waals surface area contributed by atoms with Gasteiger partial charge in [0.15, 0.2) is 0 Å². The Morgan fingerprint density at radius 2 is 2.19 bits per heavy atom. The van der Waals surface area contributed by atoms with Gasteiger partial charge in [0.2, 0.25) is 0 Å². The highest BCUT2D eigenvalue weighted by Gasteiger charge is 2.20. The molecule has 0 saturated carbocycles. The highest BCUT2D eigenvalue weighted by atomic mass is 16.6. The third kappa shape index (κ3) is 3.30. The van der Waals surface area contributed by atoms with Gasteiger partial charge in [-0.3, -0.25) is 15.1 Å². The van der Waals surface area contributed by atoms with E-state index in [4.69, 9.17) is 0 Å². The van der Waals surface area contributed by atoms with Gasteiger partial charge in [-0.25, -0.2) is 9.78 Å². The Morgan fingerprint density at radius 1 is 1.43 bits per heavy atom. The number of hydrogen-bond acceptors (Lipinski definition) is 6. The molecule has 0 spiro atoms. The maximum absolute atomic E-state index is 11.2. The summed E-state index contributed by atoms with van der Waals surface area (Å²) >= 11 is 0. The molecule has 0 bridgehead atoms. The first-order valence-corrected chi connectivity index (χ1v) is 5.98. The van der Waals surface area contributed by atoms with E-state index in [2.05, 4.69) is 9.97 Å². The molecule has 2 heterocycles. The number of hydrogen-bond donors (Lipinski definition) is 1.